The van der Waals surface area contributed by atoms with Crippen LogP contribution in [0.5, 0.6) is 0 Å². The molecule has 0 aliphatic carbocycles. The molecule has 0 atom stereocenters. The highest BCUT2D eigenvalue weighted by molar-refractivity contribution is 9.10. The van der Waals surface area contributed by atoms with E-state index in [1.807, 2.05) is 0 Å². The minimum Gasteiger partial charge on any atom is -0.461 e. The average Bonchev–Trinajstić information content (AvgIpc) is 2.01. The number of halogens is 1. The van der Waals surface area contributed by atoms with Crippen LogP contribution in [0.1, 0.15) is 34.6 Å². The fourth-order valence-electron chi connectivity index (χ4n) is 0.733. The third-order valence-corrected chi connectivity index (χ3v) is 2.10. The Kier molecular flexibility index (Phi) is 5.28. The smallest absolute Gasteiger partial charge is 0.334 e. The normalized spacial score (nSPS) is 11.7. The molecular weight excluding hydrogens is 264 g/mol. The van der Waals surface area contributed by atoms with Gasteiger partial charge in [0.1, 0.15) is 0 Å². The number of esters is 2. The molecule has 0 amide bonds. The predicted octanol–water partition coefficient (Wildman–Crippen LogP) is 2.04. The number of carbonyl (C=O) groups excluding carboxylic acids is 2. The first-order valence-corrected chi connectivity index (χ1v) is 5.58. The minimum atomic E-state index is -1.43. The molecule has 5 heteroatoms. The van der Waals surface area contributed by atoms with Crippen molar-refractivity contribution in [1.29, 1.82) is 0 Å². The van der Waals surface area contributed by atoms with Gasteiger partial charge in [-0.15, -0.1) is 0 Å². The summed E-state index contributed by atoms with van der Waals surface area (Å²) >= 11 is 3.02. The maximum atomic E-state index is 11.5. The van der Waals surface area contributed by atoms with Gasteiger partial charge in [-0.1, -0.05) is 15.9 Å². The molecule has 0 heterocycles. The zero-order chi connectivity index (χ0) is 12.2. The molecule has 88 valence electrons. The third-order valence-electron chi connectivity index (χ3n) is 1.45. The van der Waals surface area contributed by atoms with Crippen LogP contribution in [0.25, 0.3) is 0 Å². The van der Waals surface area contributed by atoms with Gasteiger partial charge in [-0.3, -0.25) is 0 Å². The summed E-state index contributed by atoms with van der Waals surface area (Å²) < 4.78 is 8.43. The van der Waals surface area contributed by atoms with E-state index in [0.717, 1.165) is 0 Å². The first-order valence-electron chi connectivity index (χ1n) is 4.79. The molecular formula is C10H17BrO4. The van der Waals surface area contributed by atoms with Crippen molar-refractivity contribution in [3.63, 3.8) is 0 Å². The van der Waals surface area contributed by atoms with Crippen molar-refractivity contribution in [3.05, 3.63) is 0 Å². The van der Waals surface area contributed by atoms with E-state index in [4.69, 9.17) is 9.47 Å². The summed E-state index contributed by atoms with van der Waals surface area (Å²) in [7, 11) is 0. The lowest BCUT2D eigenvalue weighted by Gasteiger charge is -2.21. The van der Waals surface area contributed by atoms with Crippen molar-refractivity contribution in [2.75, 3.05) is 0 Å². The fraction of sp³-hybridized carbons (Fsp3) is 0.800. The van der Waals surface area contributed by atoms with E-state index in [0.29, 0.717) is 0 Å². The molecule has 0 spiro atoms. The Bertz CT molecular complexity index is 222. The number of hydrogen-bond acceptors (Lipinski definition) is 4. The number of rotatable bonds is 4. The average molecular weight is 281 g/mol. The molecule has 0 N–H and O–H groups in total. The Morgan fingerprint density at radius 2 is 1.27 bits per heavy atom. The summed E-state index contributed by atoms with van der Waals surface area (Å²) in [5.74, 6) is -1.27. The van der Waals surface area contributed by atoms with E-state index in [1.165, 1.54) is 6.92 Å². The first kappa shape index (κ1) is 14.4. The molecule has 0 aliphatic heterocycles. The fourth-order valence-corrected chi connectivity index (χ4v) is 0.920. The van der Waals surface area contributed by atoms with Crippen molar-refractivity contribution in [1.82, 2.24) is 0 Å². The molecule has 0 unspecified atom stereocenters. The van der Waals surface area contributed by atoms with E-state index >= 15 is 0 Å². The van der Waals surface area contributed by atoms with Gasteiger partial charge >= 0.3 is 11.9 Å². The molecule has 15 heavy (non-hydrogen) atoms. The molecule has 0 aromatic heterocycles. The number of carbonyl (C=O) groups is 2. The van der Waals surface area contributed by atoms with Crippen LogP contribution in [-0.2, 0) is 19.1 Å². The maximum absolute atomic E-state index is 11.5. The first-order chi connectivity index (χ1) is 6.67. The van der Waals surface area contributed by atoms with Crippen LogP contribution < -0.4 is 0 Å². The largest absolute Gasteiger partial charge is 0.461 e. The number of hydrogen-bond donors (Lipinski definition) is 0. The highest BCUT2D eigenvalue weighted by Crippen LogP contribution is 2.22. The van der Waals surface area contributed by atoms with Gasteiger partial charge in [-0.25, -0.2) is 9.59 Å². The molecule has 0 saturated heterocycles. The van der Waals surface area contributed by atoms with Crippen molar-refractivity contribution >= 4 is 27.9 Å². The van der Waals surface area contributed by atoms with Crippen LogP contribution in [0, 0.1) is 0 Å². The lowest BCUT2D eigenvalue weighted by Crippen LogP contribution is -2.42. The van der Waals surface area contributed by atoms with Crippen molar-refractivity contribution in [3.8, 4) is 0 Å². The topological polar surface area (TPSA) is 52.6 Å². The van der Waals surface area contributed by atoms with E-state index in [9.17, 15) is 9.59 Å². The predicted molar refractivity (Wildman–Crippen MR) is 59.8 cm³/mol. The van der Waals surface area contributed by atoms with Gasteiger partial charge in [0.25, 0.3) is 0 Å². The van der Waals surface area contributed by atoms with Crippen molar-refractivity contribution in [2.45, 2.75) is 51.2 Å². The summed E-state index contributed by atoms with van der Waals surface area (Å²) in [4.78, 5) is 23.1. The van der Waals surface area contributed by atoms with Crippen LogP contribution in [0.3, 0.4) is 0 Å². The van der Waals surface area contributed by atoms with E-state index in [2.05, 4.69) is 15.9 Å². The van der Waals surface area contributed by atoms with Crippen molar-refractivity contribution in [2.24, 2.45) is 0 Å². The second kappa shape index (κ2) is 5.49. The summed E-state index contributed by atoms with van der Waals surface area (Å²) in [6.07, 6.45) is -0.526. The van der Waals surface area contributed by atoms with Crippen molar-refractivity contribution < 1.29 is 19.1 Å². The van der Waals surface area contributed by atoms with Crippen LogP contribution >= 0.6 is 15.9 Å². The van der Waals surface area contributed by atoms with Gasteiger partial charge in [-0.2, -0.15) is 0 Å². The molecule has 0 aromatic carbocycles. The van der Waals surface area contributed by atoms with Gasteiger partial charge in [0.2, 0.25) is 4.32 Å². The van der Waals surface area contributed by atoms with Gasteiger partial charge in [0.15, 0.2) is 0 Å². The van der Waals surface area contributed by atoms with Crippen LogP contribution in [0.15, 0.2) is 0 Å². The quantitative estimate of drug-likeness (QED) is 0.449. The molecule has 0 radical (unpaired) electrons. The second-order valence-electron chi connectivity index (χ2n) is 3.91. The molecule has 0 bridgehead atoms. The highest BCUT2D eigenvalue weighted by Gasteiger charge is 2.42. The molecule has 4 nitrogen and oxygen atoms in total. The third kappa shape index (κ3) is 4.64. The van der Waals surface area contributed by atoms with E-state index < -0.39 is 16.3 Å². The molecule has 0 saturated carbocycles. The Morgan fingerprint density at radius 3 is 1.47 bits per heavy atom. The van der Waals surface area contributed by atoms with Gasteiger partial charge < -0.3 is 9.47 Å². The van der Waals surface area contributed by atoms with Crippen LogP contribution in [0.2, 0.25) is 0 Å². The zero-order valence-electron chi connectivity index (χ0n) is 9.67. The molecule has 0 aromatic rings. The van der Waals surface area contributed by atoms with Gasteiger partial charge in [-0.05, 0) is 34.6 Å². The number of ether oxygens (including phenoxy) is 2. The Hall–Kier alpha value is -0.580. The lowest BCUT2D eigenvalue weighted by atomic mass is 10.2. The monoisotopic (exact) mass is 280 g/mol. The minimum absolute atomic E-state index is 0.263. The van der Waals surface area contributed by atoms with E-state index in [1.54, 1.807) is 27.7 Å². The Balaban J connectivity index is 4.51. The summed E-state index contributed by atoms with van der Waals surface area (Å²) in [6, 6.07) is 0. The van der Waals surface area contributed by atoms with Crippen LogP contribution in [-0.4, -0.2) is 28.5 Å². The molecule has 0 aliphatic rings. The summed E-state index contributed by atoms with van der Waals surface area (Å²) in [5.41, 5.74) is 0. The lowest BCUT2D eigenvalue weighted by molar-refractivity contribution is -0.162. The SMILES string of the molecule is CC(C)OC(=O)C(C)(Br)C(=O)OC(C)C. The van der Waals surface area contributed by atoms with E-state index in [-0.39, 0.29) is 12.2 Å². The summed E-state index contributed by atoms with van der Waals surface area (Å²) in [6.45, 7) is 8.29. The van der Waals surface area contributed by atoms with Gasteiger partial charge in [0, 0.05) is 0 Å². The Morgan fingerprint density at radius 1 is 1.00 bits per heavy atom. The molecule has 0 rings (SSSR count). The standard InChI is InChI=1S/C10H17BrO4/c1-6(2)14-8(12)10(5,11)9(13)15-7(3)4/h6-7H,1-5H3. The second-order valence-corrected chi connectivity index (χ2v) is 5.50. The molecule has 0 fully saturated rings. The summed E-state index contributed by atoms with van der Waals surface area (Å²) in [5, 5.41) is 0. The zero-order valence-corrected chi connectivity index (χ0v) is 11.3. The number of alkyl halides is 1. The van der Waals surface area contributed by atoms with Crippen LogP contribution in [0.4, 0.5) is 0 Å². The van der Waals surface area contributed by atoms with Gasteiger partial charge in [0.05, 0.1) is 12.2 Å². The highest BCUT2D eigenvalue weighted by atomic mass is 79.9. The Labute approximate surface area is 98.4 Å². The maximum Gasteiger partial charge on any atom is 0.334 e.